The smallest absolute Gasteiger partial charge is 0.305 e. The summed E-state index contributed by atoms with van der Waals surface area (Å²) in [5, 5.41) is 8.47. The van der Waals surface area contributed by atoms with E-state index < -0.39 is 5.97 Å². The first-order valence-corrected chi connectivity index (χ1v) is 7.45. The highest BCUT2D eigenvalue weighted by Gasteiger charge is 2.11. The molecule has 0 spiro atoms. The third kappa shape index (κ3) is 13.6. The second kappa shape index (κ2) is 11.5. The van der Waals surface area contributed by atoms with E-state index in [0.717, 1.165) is 0 Å². The van der Waals surface area contributed by atoms with E-state index in [1.807, 2.05) is 27.7 Å². The van der Waals surface area contributed by atoms with E-state index in [1.165, 1.54) is 0 Å². The summed E-state index contributed by atoms with van der Waals surface area (Å²) in [5.41, 5.74) is 0. The highest BCUT2D eigenvalue weighted by atomic mass is 16.6. The molecule has 0 saturated heterocycles. The van der Waals surface area contributed by atoms with Crippen molar-refractivity contribution >= 4 is 11.9 Å². The topological polar surface area (TPSA) is 82.1 Å². The van der Waals surface area contributed by atoms with Crippen molar-refractivity contribution in [1.82, 2.24) is 0 Å². The molecule has 0 rings (SSSR count). The zero-order chi connectivity index (χ0) is 16.3. The lowest BCUT2D eigenvalue weighted by molar-refractivity contribution is -0.149. The van der Waals surface area contributed by atoms with Gasteiger partial charge in [0.2, 0.25) is 0 Å². The first kappa shape index (κ1) is 19.9. The Morgan fingerprint density at radius 1 is 0.952 bits per heavy atom. The quantitative estimate of drug-likeness (QED) is 0.440. The number of unbranched alkanes of at least 4 members (excludes halogenated alkanes) is 1. The van der Waals surface area contributed by atoms with Crippen LogP contribution < -0.4 is 0 Å². The number of aliphatic carboxylic acids is 1. The molecule has 2 unspecified atom stereocenters. The lowest BCUT2D eigenvalue weighted by Gasteiger charge is -2.19. The van der Waals surface area contributed by atoms with Crippen molar-refractivity contribution in [2.24, 2.45) is 0 Å². The molecule has 0 heterocycles. The summed E-state index contributed by atoms with van der Waals surface area (Å²) in [5.74, 6) is -1.16. The molecule has 1 N–H and O–H groups in total. The Balaban J connectivity index is 3.61. The van der Waals surface area contributed by atoms with Crippen molar-refractivity contribution < 1.29 is 28.9 Å². The molecule has 0 aliphatic rings. The van der Waals surface area contributed by atoms with Gasteiger partial charge in [-0.25, -0.2) is 0 Å². The average molecular weight is 304 g/mol. The predicted octanol–water partition coefficient (Wildman–Crippen LogP) is 2.39. The highest BCUT2D eigenvalue weighted by molar-refractivity contribution is 5.69. The molecular formula is C15H28O6. The molecule has 0 radical (unpaired) electrons. The van der Waals surface area contributed by atoms with Gasteiger partial charge in [-0.2, -0.15) is 0 Å². The van der Waals surface area contributed by atoms with Crippen molar-refractivity contribution in [1.29, 1.82) is 0 Å². The van der Waals surface area contributed by atoms with Crippen molar-refractivity contribution in [2.75, 3.05) is 13.2 Å². The normalized spacial score (nSPS) is 14.0. The molecule has 0 aliphatic heterocycles. The van der Waals surface area contributed by atoms with Crippen molar-refractivity contribution in [3.8, 4) is 0 Å². The van der Waals surface area contributed by atoms with Gasteiger partial charge in [-0.05, 0) is 40.5 Å². The first-order chi connectivity index (χ1) is 9.81. The molecule has 0 aromatic rings. The molecule has 2 atom stereocenters. The largest absolute Gasteiger partial charge is 0.481 e. The zero-order valence-corrected chi connectivity index (χ0v) is 13.5. The van der Waals surface area contributed by atoms with Crippen LogP contribution in [-0.4, -0.2) is 48.6 Å². The monoisotopic (exact) mass is 304 g/mol. The van der Waals surface area contributed by atoms with Crippen LogP contribution in [0.5, 0.6) is 0 Å². The summed E-state index contributed by atoms with van der Waals surface area (Å²) in [7, 11) is 0. The van der Waals surface area contributed by atoms with Gasteiger partial charge >= 0.3 is 11.9 Å². The number of rotatable bonds is 12. The lowest BCUT2D eigenvalue weighted by Crippen LogP contribution is -2.26. The molecule has 0 bridgehead atoms. The summed E-state index contributed by atoms with van der Waals surface area (Å²) in [6.45, 7) is 8.35. The number of carbonyl (C=O) groups excluding carboxylic acids is 1. The number of hydrogen-bond donors (Lipinski definition) is 1. The number of carbonyl (C=O) groups is 2. The first-order valence-electron chi connectivity index (χ1n) is 7.45. The molecule has 0 amide bonds. The van der Waals surface area contributed by atoms with Crippen molar-refractivity contribution in [3.63, 3.8) is 0 Å². The van der Waals surface area contributed by atoms with Gasteiger partial charge in [-0.1, -0.05) is 0 Å². The highest BCUT2D eigenvalue weighted by Crippen LogP contribution is 2.04. The third-order valence-corrected chi connectivity index (χ3v) is 2.62. The maximum Gasteiger partial charge on any atom is 0.305 e. The van der Waals surface area contributed by atoms with Crippen LogP contribution in [0.2, 0.25) is 0 Å². The Kier molecular flexibility index (Phi) is 10.9. The maximum atomic E-state index is 11.4. The summed E-state index contributed by atoms with van der Waals surface area (Å²) < 4.78 is 16.1. The van der Waals surface area contributed by atoms with Gasteiger partial charge in [0.25, 0.3) is 0 Å². The van der Waals surface area contributed by atoms with Gasteiger partial charge < -0.3 is 19.3 Å². The summed E-state index contributed by atoms with van der Waals surface area (Å²) in [6.07, 6.45) is 1.31. The molecular weight excluding hydrogens is 276 g/mol. The van der Waals surface area contributed by atoms with Crippen LogP contribution in [0.1, 0.15) is 53.4 Å². The number of esters is 1. The Morgan fingerprint density at radius 3 is 2.14 bits per heavy atom. The number of hydrogen-bond acceptors (Lipinski definition) is 5. The van der Waals surface area contributed by atoms with Crippen LogP contribution in [0.3, 0.4) is 0 Å². The Bertz CT molecular complexity index is 303. The minimum absolute atomic E-state index is 0.000768. The number of ether oxygens (including phenoxy) is 3. The third-order valence-electron chi connectivity index (χ3n) is 2.62. The van der Waals surface area contributed by atoms with Crippen LogP contribution >= 0.6 is 0 Å². The second-order valence-corrected chi connectivity index (χ2v) is 5.42. The molecule has 21 heavy (non-hydrogen) atoms. The maximum absolute atomic E-state index is 11.4. The van der Waals surface area contributed by atoms with E-state index >= 15 is 0 Å². The van der Waals surface area contributed by atoms with Crippen LogP contribution in [0.15, 0.2) is 0 Å². The second-order valence-electron chi connectivity index (χ2n) is 5.42. The van der Waals surface area contributed by atoms with Crippen molar-refractivity contribution in [3.05, 3.63) is 0 Å². The fourth-order valence-corrected chi connectivity index (χ4v) is 1.68. The standard InChI is InChI=1S/C15H28O6/c1-11(2)21-13(4)10-19-12(3)9-20-15(18)8-6-5-7-14(16)17/h11-13H,5-10H2,1-4H3,(H,16,17). The van der Waals surface area contributed by atoms with Crippen LogP contribution in [0.4, 0.5) is 0 Å². The van der Waals surface area contributed by atoms with Gasteiger partial charge in [0.05, 0.1) is 24.9 Å². The molecule has 0 aromatic heterocycles. The van der Waals surface area contributed by atoms with Crippen LogP contribution in [0.25, 0.3) is 0 Å². The van der Waals surface area contributed by atoms with E-state index in [0.29, 0.717) is 19.4 Å². The van der Waals surface area contributed by atoms with Crippen molar-refractivity contribution in [2.45, 2.75) is 71.7 Å². The molecule has 0 saturated carbocycles. The molecule has 0 aliphatic carbocycles. The lowest BCUT2D eigenvalue weighted by atomic mass is 10.2. The van der Waals surface area contributed by atoms with E-state index in [-0.39, 0.29) is 43.7 Å². The summed E-state index contributed by atoms with van der Waals surface area (Å²) in [4.78, 5) is 21.7. The Hall–Kier alpha value is -1.14. The molecule has 0 fully saturated rings. The fourth-order valence-electron chi connectivity index (χ4n) is 1.68. The molecule has 6 heteroatoms. The SMILES string of the molecule is CC(C)OC(C)COC(C)COC(=O)CCCCC(=O)O. The van der Waals surface area contributed by atoms with Gasteiger partial charge in [0.1, 0.15) is 6.61 Å². The van der Waals surface area contributed by atoms with Gasteiger partial charge in [0.15, 0.2) is 0 Å². The van der Waals surface area contributed by atoms with E-state index in [9.17, 15) is 9.59 Å². The van der Waals surface area contributed by atoms with E-state index in [2.05, 4.69) is 0 Å². The van der Waals surface area contributed by atoms with Gasteiger partial charge in [0, 0.05) is 12.8 Å². The predicted molar refractivity (Wildman–Crippen MR) is 78.2 cm³/mol. The van der Waals surface area contributed by atoms with Gasteiger partial charge in [-0.15, -0.1) is 0 Å². The minimum atomic E-state index is -0.844. The molecule has 6 nitrogen and oxygen atoms in total. The van der Waals surface area contributed by atoms with Crippen LogP contribution in [0, 0.1) is 0 Å². The fraction of sp³-hybridized carbons (Fsp3) is 0.867. The van der Waals surface area contributed by atoms with E-state index in [4.69, 9.17) is 19.3 Å². The van der Waals surface area contributed by atoms with Gasteiger partial charge in [-0.3, -0.25) is 9.59 Å². The number of carboxylic acids is 1. The minimum Gasteiger partial charge on any atom is -0.481 e. The molecule has 124 valence electrons. The zero-order valence-electron chi connectivity index (χ0n) is 13.5. The Labute approximate surface area is 126 Å². The Morgan fingerprint density at radius 2 is 1.57 bits per heavy atom. The summed E-state index contributed by atoms with van der Waals surface area (Å²) in [6, 6.07) is 0. The average Bonchev–Trinajstić information content (AvgIpc) is 2.38. The molecule has 0 aromatic carbocycles. The van der Waals surface area contributed by atoms with E-state index in [1.54, 1.807) is 0 Å². The number of carboxylic acid groups (broad SMARTS) is 1. The summed E-state index contributed by atoms with van der Waals surface area (Å²) >= 11 is 0. The van der Waals surface area contributed by atoms with Crippen LogP contribution in [-0.2, 0) is 23.8 Å².